The molecule has 4 N–H and O–H groups in total. The summed E-state index contributed by atoms with van der Waals surface area (Å²) >= 11 is 6.18. The molecule has 242 valence electrons. The van der Waals surface area contributed by atoms with Crippen molar-refractivity contribution in [3.8, 4) is 22.9 Å². The first-order valence-corrected chi connectivity index (χ1v) is 15.4. The third kappa shape index (κ3) is 7.24. The van der Waals surface area contributed by atoms with Gasteiger partial charge in [-0.15, -0.1) is 0 Å². The number of aromatic hydroxyl groups is 1. The lowest BCUT2D eigenvalue weighted by Crippen LogP contribution is -2.43. The van der Waals surface area contributed by atoms with Crippen LogP contribution in [0.4, 0.5) is 26.9 Å². The number of rotatable bonds is 6. The van der Waals surface area contributed by atoms with E-state index in [1.54, 1.807) is 52.2 Å². The van der Waals surface area contributed by atoms with Crippen molar-refractivity contribution in [1.29, 1.82) is 0 Å². The summed E-state index contributed by atoms with van der Waals surface area (Å²) in [6.45, 7) is 8.11. The second-order valence-corrected chi connectivity index (χ2v) is 12.4. The van der Waals surface area contributed by atoms with Crippen LogP contribution >= 0.6 is 11.6 Å². The van der Waals surface area contributed by atoms with Crippen LogP contribution in [0, 0.1) is 0 Å². The maximum absolute atomic E-state index is 13.4. The first kappa shape index (κ1) is 31.6. The van der Waals surface area contributed by atoms with Crippen LogP contribution in [0.5, 0.6) is 17.2 Å². The Hall–Kier alpha value is -5.33. The highest BCUT2D eigenvalue weighted by Gasteiger charge is 2.23. The van der Waals surface area contributed by atoms with Gasteiger partial charge in [0.15, 0.2) is 0 Å². The molecule has 0 bridgehead atoms. The van der Waals surface area contributed by atoms with Gasteiger partial charge in [0.25, 0.3) is 0 Å². The Morgan fingerprint density at radius 1 is 0.936 bits per heavy atom. The fourth-order valence-electron chi connectivity index (χ4n) is 5.03. The van der Waals surface area contributed by atoms with Crippen LogP contribution in [0.3, 0.4) is 0 Å². The average Bonchev–Trinajstić information content (AvgIpc) is 3.48. The van der Waals surface area contributed by atoms with E-state index in [-0.39, 0.29) is 22.2 Å². The number of morpholine rings is 1. The third-order valence-electron chi connectivity index (χ3n) is 7.52. The van der Waals surface area contributed by atoms with E-state index in [2.05, 4.69) is 20.9 Å². The number of carbonyl (C=O) groups is 2. The number of pyridine rings is 1. The highest BCUT2D eigenvalue weighted by molar-refractivity contribution is 6.32. The zero-order chi connectivity index (χ0) is 33.1. The molecule has 6 rings (SSSR count). The molecule has 0 aliphatic carbocycles. The van der Waals surface area contributed by atoms with E-state index < -0.39 is 6.03 Å². The number of urea groups is 2. The van der Waals surface area contributed by atoms with Crippen LogP contribution in [0.1, 0.15) is 26.5 Å². The monoisotopic (exact) mass is 655 g/mol. The van der Waals surface area contributed by atoms with Crippen molar-refractivity contribution in [2.75, 3.05) is 42.3 Å². The van der Waals surface area contributed by atoms with E-state index in [0.717, 1.165) is 16.5 Å². The molecular weight excluding hydrogens is 622 g/mol. The fraction of sp³-hybridized carbons (Fsp3) is 0.235. The largest absolute Gasteiger partial charge is 0.506 e. The number of ether oxygens (including phenoxy) is 2. The summed E-state index contributed by atoms with van der Waals surface area (Å²) in [5, 5.41) is 25.0. The summed E-state index contributed by atoms with van der Waals surface area (Å²) < 4.78 is 13.1. The van der Waals surface area contributed by atoms with Gasteiger partial charge < -0.3 is 24.8 Å². The predicted octanol–water partition coefficient (Wildman–Crippen LogP) is 7.38. The van der Waals surface area contributed by atoms with Crippen LogP contribution < -0.4 is 20.7 Å². The van der Waals surface area contributed by atoms with Crippen molar-refractivity contribution in [2.45, 2.75) is 26.2 Å². The Kier molecular flexibility index (Phi) is 8.88. The summed E-state index contributed by atoms with van der Waals surface area (Å²) in [6.07, 6.45) is 1.56. The molecule has 0 unspecified atom stereocenters. The van der Waals surface area contributed by atoms with Crippen molar-refractivity contribution in [1.82, 2.24) is 19.7 Å². The van der Waals surface area contributed by atoms with Crippen molar-refractivity contribution >= 4 is 51.8 Å². The van der Waals surface area contributed by atoms with Crippen LogP contribution in [0.25, 0.3) is 16.5 Å². The first-order chi connectivity index (χ1) is 22.5. The van der Waals surface area contributed by atoms with Crippen molar-refractivity contribution in [3.05, 3.63) is 89.7 Å². The van der Waals surface area contributed by atoms with Crippen molar-refractivity contribution < 1.29 is 24.2 Å². The number of nitrogens with zero attached hydrogens (tertiary/aromatic N) is 4. The number of fused-ring (bicyclic) bond motifs is 1. The van der Waals surface area contributed by atoms with Gasteiger partial charge in [0.1, 0.15) is 28.9 Å². The minimum Gasteiger partial charge on any atom is -0.506 e. The fourth-order valence-corrected chi connectivity index (χ4v) is 5.20. The number of hydrogen-bond donors (Lipinski definition) is 4. The normalized spacial score (nSPS) is 13.3. The maximum atomic E-state index is 13.4. The zero-order valence-electron chi connectivity index (χ0n) is 26.1. The first-order valence-electron chi connectivity index (χ1n) is 15.0. The van der Waals surface area contributed by atoms with E-state index in [0.29, 0.717) is 60.8 Å². The summed E-state index contributed by atoms with van der Waals surface area (Å²) in [4.78, 5) is 32.0. The smallest absolute Gasteiger partial charge is 0.324 e. The lowest BCUT2D eigenvalue weighted by atomic mass is 9.92. The van der Waals surface area contributed by atoms with E-state index in [9.17, 15) is 14.7 Å². The number of nitrogens with one attached hydrogen (secondary N) is 3. The molecule has 0 spiro atoms. The van der Waals surface area contributed by atoms with Gasteiger partial charge in [0.2, 0.25) is 0 Å². The second kappa shape index (κ2) is 13.2. The van der Waals surface area contributed by atoms with Gasteiger partial charge in [0, 0.05) is 47.6 Å². The molecule has 2 aromatic heterocycles. The van der Waals surface area contributed by atoms with Crippen LogP contribution in [0.2, 0.25) is 5.02 Å². The Morgan fingerprint density at radius 3 is 2.45 bits per heavy atom. The molecule has 0 saturated carbocycles. The SMILES string of the molecule is CC(C)(C)c1cc(NC(=O)Nc2ccc(Oc3ccnc(NC(=O)N4CCOCC4)c3)c3ccccc23)n(-c2ccc(O)c(Cl)c2)n1. The molecule has 5 aromatic rings. The lowest BCUT2D eigenvalue weighted by molar-refractivity contribution is 0.0564. The molecular formula is C34H34ClN7O5. The van der Waals surface area contributed by atoms with Crippen LogP contribution in [-0.2, 0) is 10.2 Å². The Morgan fingerprint density at radius 2 is 1.70 bits per heavy atom. The highest BCUT2D eigenvalue weighted by Crippen LogP contribution is 2.35. The number of hydrogen-bond acceptors (Lipinski definition) is 7. The molecule has 1 aliphatic rings. The third-order valence-corrected chi connectivity index (χ3v) is 7.82. The maximum Gasteiger partial charge on any atom is 0.324 e. The van der Waals surface area contributed by atoms with E-state index in [4.69, 9.17) is 26.2 Å². The van der Waals surface area contributed by atoms with Gasteiger partial charge >= 0.3 is 12.1 Å². The lowest BCUT2D eigenvalue weighted by Gasteiger charge is -2.26. The highest BCUT2D eigenvalue weighted by atomic mass is 35.5. The quantitative estimate of drug-likeness (QED) is 0.149. The van der Waals surface area contributed by atoms with Crippen molar-refractivity contribution in [3.63, 3.8) is 0 Å². The van der Waals surface area contributed by atoms with E-state index in [1.807, 2.05) is 51.1 Å². The minimum absolute atomic E-state index is 0.0508. The standard InChI is InChI=1S/C34H34ClN7O5/c1-34(2,3)29-20-31(42(40-29)21-8-10-27(43)25(35)18-21)39-32(44)37-26-9-11-28(24-7-5-4-6-23(24)26)47-22-12-13-36-30(19-22)38-33(45)41-14-16-46-17-15-41/h4-13,18-20,43H,14-17H2,1-3H3,(H,36,38,45)(H2,37,39,44). The number of aromatic nitrogens is 3. The van der Waals surface area contributed by atoms with Gasteiger partial charge in [-0.2, -0.15) is 5.10 Å². The van der Waals surface area contributed by atoms with E-state index in [1.165, 1.54) is 6.07 Å². The summed E-state index contributed by atoms with van der Waals surface area (Å²) in [7, 11) is 0. The van der Waals surface area contributed by atoms with Gasteiger partial charge in [-0.25, -0.2) is 19.3 Å². The van der Waals surface area contributed by atoms with Gasteiger partial charge in [-0.1, -0.05) is 56.6 Å². The minimum atomic E-state index is -0.481. The van der Waals surface area contributed by atoms with E-state index >= 15 is 0 Å². The zero-order valence-corrected chi connectivity index (χ0v) is 26.8. The topological polar surface area (TPSA) is 143 Å². The summed E-state index contributed by atoms with van der Waals surface area (Å²) in [6, 6.07) is 20.2. The van der Waals surface area contributed by atoms with Gasteiger partial charge in [-0.3, -0.25) is 10.6 Å². The van der Waals surface area contributed by atoms with Gasteiger partial charge in [-0.05, 0) is 36.4 Å². The van der Waals surface area contributed by atoms with Crippen LogP contribution in [-0.4, -0.2) is 63.1 Å². The molecule has 0 radical (unpaired) electrons. The number of amides is 4. The Labute approximate surface area is 276 Å². The molecule has 1 saturated heterocycles. The molecule has 12 nitrogen and oxygen atoms in total. The number of benzene rings is 3. The average molecular weight is 656 g/mol. The molecule has 3 aromatic carbocycles. The summed E-state index contributed by atoms with van der Waals surface area (Å²) in [5.74, 6) is 1.78. The molecule has 47 heavy (non-hydrogen) atoms. The molecule has 4 amide bonds. The second-order valence-electron chi connectivity index (χ2n) is 12.0. The van der Waals surface area contributed by atoms with Gasteiger partial charge in [0.05, 0.1) is 35.3 Å². The molecule has 3 heterocycles. The van der Waals surface area contributed by atoms with Crippen LogP contribution in [0.15, 0.2) is 79.0 Å². The predicted molar refractivity (Wildman–Crippen MR) is 181 cm³/mol. The number of halogens is 1. The molecule has 0 atom stereocenters. The number of phenols is 1. The number of anilines is 3. The molecule has 13 heteroatoms. The van der Waals surface area contributed by atoms with Crippen molar-refractivity contribution in [2.24, 2.45) is 0 Å². The Bertz CT molecular complexity index is 1950. The molecule has 1 fully saturated rings. The number of phenolic OH excluding ortho intramolecular Hbond substituents is 1. The molecule has 1 aliphatic heterocycles. The Balaban J connectivity index is 1.21. The summed E-state index contributed by atoms with van der Waals surface area (Å²) in [5.41, 5.74) is 1.59. The number of carbonyl (C=O) groups excluding carboxylic acids is 2.